The van der Waals surface area contributed by atoms with Crippen molar-refractivity contribution in [3.63, 3.8) is 0 Å². The molecule has 0 aliphatic carbocycles. The number of hydrogen-bond acceptors (Lipinski definition) is 4. The maximum Gasteiger partial charge on any atom is 0.349 e. The van der Waals surface area contributed by atoms with Crippen LogP contribution in [0.2, 0.25) is 0 Å². The zero-order valence-electron chi connectivity index (χ0n) is 16.3. The highest BCUT2D eigenvalue weighted by Crippen LogP contribution is 2.49. The molecule has 1 aromatic rings. The lowest BCUT2D eigenvalue weighted by molar-refractivity contribution is -0.187. The highest BCUT2D eigenvalue weighted by atomic mass is 32.2. The lowest BCUT2D eigenvalue weighted by Gasteiger charge is -2.48. The van der Waals surface area contributed by atoms with Gasteiger partial charge in [0.05, 0.1) is 13.2 Å². The van der Waals surface area contributed by atoms with Crippen molar-refractivity contribution in [2.75, 3.05) is 7.11 Å². The summed E-state index contributed by atoms with van der Waals surface area (Å²) in [4.78, 5) is 12.9. The van der Waals surface area contributed by atoms with E-state index in [0.717, 1.165) is 11.3 Å². The average molecular weight is 365 g/mol. The maximum absolute atomic E-state index is 12.8. The average Bonchev–Trinajstić information content (AvgIpc) is 2.63. The summed E-state index contributed by atoms with van der Waals surface area (Å²) in [6, 6.07) is 10.0. The van der Waals surface area contributed by atoms with Crippen LogP contribution in [0.1, 0.15) is 47.5 Å². The molecule has 1 aromatic carbocycles. The van der Waals surface area contributed by atoms with Crippen LogP contribution in [0, 0.1) is 23.7 Å². The van der Waals surface area contributed by atoms with E-state index in [1.807, 2.05) is 30.3 Å². The Morgan fingerprint density at radius 2 is 1.96 bits per heavy atom. The van der Waals surface area contributed by atoms with Crippen molar-refractivity contribution in [3.8, 4) is 0 Å². The molecule has 1 aliphatic rings. The lowest BCUT2D eigenvalue weighted by Crippen LogP contribution is -2.53. The van der Waals surface area contributed by atoms with E-state index in [-0.39, 0.29) is 12.1 Å². The van der Waals surface area contributed by atoms with E-state index in [4.69, 9.17) is 9.47 Å². The lowest BCUT2D eigenvalue weighted by atomic mass is 9.75. The molecule has 1 saturated heterocycles. The van der Waals surface area contributed by atoms with Gasteiger partial charge in [-0.25, -0.2) is 4.79 Å². The van der Waals surface area contributed by atoms with Crippen LogP contribution in [0.5, 0.6) is 0 Å². The van der Waals surface area contributed by atoms with Gasteiger partial charge < -0.3 is 9.47 Å². The molecule has 3 nitrogen and oxygen atoms in total. The number of rotatable bonds is 6. The van der Waals surface area contributed by atoms with Crippen molar-refractivity contribution in [3.05, 3.63) is 30.3 Å². The minimum absolute atomic E-state index is 0.0500. The molecule has 0 N–H and O–H groups in total. The molecule has 6 atom stereocenters. The molecule has 0 radical (unpaired) electrons. The normalized spacial score (nSPS) is 32.0. The van der Waals surface area contributed by atoms with Crippen molar-refractivity contribution in [2.45, 2.75) is 63.4 Å². The van der Waals surface area contributed by atoms with Gasteiger partial charge in [0.15, 0.2) is 0 Å². The second-order valence-electron chi connectivity index (χ2n) is 7.53. The summed E-state index contributed by atoms with van der Waals surface area (Å²) < 4.78 is 11.8. The summed E-state index contributed by atoms with van der Waals surface area (Å²) in [6.45, 7) is 11.2. The molecule has 0 spiro atoms. The van der Waals surface area contributed by atoms with E-state index in [2.05, 4.69) is 34.6 Å². The molecule has 1 aliphatic heterocycles. The summed E-state index contributed by atoms with van der Waals surface area (Å²) in [5.41, 5.74) is 0. The second kappa shape index (κ2) is 8.59. The standard InChI is InChI=1S/C21H32O3S/c1-7-14(2)16(4)19-17(5)15(3)13-21(24-19,20(22)23-6)25-18-11-9-8-10-12-18/h8-12,14-17,19H,7,13H2,1-6H3/t14-,15-,16-,17-,19?,21-/m1/s1. The Morgan fingerprint density at radius 1 is 1.32 bits per heavy atom. The summed E-state index contributed by atoms with van der Waals surface area (Å²) in [5.74, 6) is 1.47. The molecule has 1 fully saturated rings. The predicted octanol–water partition coefficient (Wildman–Crippen LogP) is 5.39. The first-order chi connectivity index (χ1) is 11.8. The first-order valence-corrected chi connectivity index (χ1v) is 10.2. The number of benzene rings is 1. The molecule has 0 saturated carbocycles. The van der Waals surface area contributed by atoms with Gasteiger partial charge in [-0.2, -0.15) is 0 Å². The third-order valence-electron chi connectivity index (χ3n) is 5.91. The zero-order valence-corrected chi connectivity index (χ0v) is 17.1. The van der Waals surface area contributed by atoms with E-state index in [0.29, 0.717) is 30.1 Å². The number of thioether (sulfide) groups is 1. The molecule has 140 valence electrons. The Kier molecular flexibility index (Phi) is 6.98. The maximum atomic E-state index is 12.8. The minimum atomic E-state index is -0.964. The van der Waals surface area contributed by atoms with Crippen LogP contribution in [-0.2, 0) is 14.3 Å². The topological polar surface area (TPSA) is 35.5 Å². The van der Waals surface area contributed by atoms with Gasteiger partial charge in [-0.15, -0.1) is 0 Å². The van der Waals surface area contributed by atoms with Gasteiger partial charge in [0.2, 0.25) is 4.93 Å². The number of methoxy groups -OCH3 is 1. The molecule has 2 rings (SSSR count). The highest BCUT2D eigenvalue weighted by molar-refractivity contribution is 8.01. The number of carbonyl (C=O) groups excluding carboxylic acids is 1. The first kappa shape index (κ1) is 20.3. The van der Waals surface area contributed by atoms with E-state index in [1.54, 1.807) is 0 Å². The fourth-order valence-corrected chi connectivity index (χ4v) is 5.01. The zero-order chi connectivity index (χ0) is 18.6. The van der Waals surface area contributed by atoms with Gasteiger partial charge in [-0.3, -0.25) is 0 Å². The van der Waals surface area contributed by atoms with Crippen LogP contribution in [0.15, 0.2) is 35.2 Å². The van der Waals surface area contributed by atoms with Crippen LogP contribution in [0.3, 0.4) is 0 Å². The number of hydrogen-bond donors (Lipinski definition) is 0. The van der Waals surface area contributed by atoms with E-state index >= 15 is 0 Å². The second-order valence-corrected chi connectivity index (χ2v) is 8.86. The number of carbonyl (C=O) groups is 1. The third-order valence-corrected chi connectivity index (χ3v) is 7.18. The van der Waals surface area contributed by atoms with Gasteiger partial charge in [0.25, 0.3) is 0 Å². The molecule has 0 amide bonds. The van der Waals surface area contributed by atoms with Crippen molar-refractivity contribution in [1.82, 2.24) is 0 Å². The smallest absolute Gasteiger partial charge is 0.349 e. The molecule has 4 heteroatoms. The van der Waals surface area contributed by atoms with Gasteiger partial charge in [-0.05, 0) is 35.8 Å². The first-order valence-electron chi connectivity index (χ1n) is 9.35. The van der Waals surface area contributed by atoms with Crippen LogP contribution < -0.4 is 0 Å². The Labute approximate surface area is 156 Å². The molecule has 0 aromatic heterocycles. The van der Waals surface area contributed by atoms with Crippen LogP contribution in [0.25, 0.3) is 0 Å². The van der Waals surface area contributed by atoms with Gasteiger partial charge in [0.1, 0.15) is 0 Å². The number of ether oxygens (including phenoxy) is 2. The quantitative estimate of drug-likeness (QED) is 0.634. The fourth-order valence-electron chi connectivity index (χ4n) is 3.66. The molecular formula is C21H32O3S. The summed E-state index contributed by atoms with van der Waals surface area (Å²) in [6.07, 6.45) is 1.83. The minimum Gasteiger partial charge on any atom is -0.466 e. The van der Waals surface area contributed by atoms with Crippen molar-refractivity contribution in [1.29, 1.82) is 0 Å². The fraction of sp³-hybridized carbons (Fsp3) is 0.667. The van der Waals surface area contributed by atoms with E-state index in [9.17, 15) is 4.79 Å². The molecule has 0 bridgehead atoms. The molecule has 1 unspecified atom stereocenters. The molecule has 25 heavy (non-hydrogen) atoms. The van der Waals surface area contributed by atoms with Crippen molar-refractivity contribution in [2.24, 2.45) is 23.7 Å². The largest absolute Gasteiger partial charge is 0.466 e. The Balaban J connectivity index is 2.36. The SMILES string of the molecule is CC[C@@H](C)[C@@H](C)C1O[C@](Sc2ccccc2)(C(=O)OC)C[C@@H](C)[C@H]1C. The Morgan fingerprint density at radius 3 is 2.52 bits per heavy atom. The molecule has 1 heterocycles. The van der Waals surface area contributed by atoms with Gasteiger partial charge in [0, 0.05) is 11.3 Å². The third kappa shape index (κ3) is 4.40. The van der Waals surface area contributed by atoms with Crippen LogP contribution >= 0.6 is 11.8 Å². The summed E-state index contributed by atoms with van der Waals surface area (Å²) in [5, 5.41) is 0. The summed E-state index contributed by atoms with van der Waals surface area (Å²) in [7, 11) is 1.45. The molecular weight excluding hydrogens is 332 g/mol. The Bertz CT molecular complexity index is 562. The van der Waals surface area contributed by atoms with Crippen LogP contribution in [0.4, 0.5) is 0 Å². The van der Waals surface area contributed by atoms with Crippen LogP contribution in [-0.4, -0.2) is 24.1 Å². The predicted molar refractivity (Wildman–Crippen MR) is 103 cm³/mol. The van der Waals surface area contributed by atoms with Gasteiger partial charge in [-0.1, -0.05) is 71.0 Å². The highest BCUT2D eigenvalue weighted by Gasteiger charge is 2.52. The summed E-state index contributed by atoms with van der Waals surface area (Å²) >= 11 is 1.49. The van der Waals surface area contributed by atoms with E-state index < -0.39 is 4.93 Å². The van der Waals surface area contributed by atoms with Crippen molar-refractivity contribution >= 4 is 17.7 Å². The van der Waals surface area contributed by atoms with Gasteiger partial charge >= 0.3 is 5.97 Å². The monoisotopic (exact) mass is 364 g/mol. The van der Waals surface area contributed by atoms with E-state index in [1.165, 1.54) is 18.9 Å². The van der Waals surface area contributed by atoms with Crippen molar-refractivity contribution < 1.29 is 14.3 Å². The number of esters is 1. The Hall–Kier alpha value is -1.00.